The molecule has 2 aromatic rings. The topological polar surface area (TPSA) is 75.6 Å². The molecular weight excluding hydrogens is 371 g/mol. The highest BCUT2D eigenvalue weighted by atomic mass is 32.2. The standard InChI is InChI=1S/C18H23FN4O3S/c1-3-22(4-2)27(24,25)23-8-9-26-18(13-23)17-12-20-11-16(21-17)14-6-5-7-15(19)10-14/h5-7,10-12,18H,3-4,8-9,13H2,1-2H3/t18-/m1/s1. The molecule has 1 aliphatic rings. The number of hydrogen-bond acceptors (Lipinski definition) is 5. The van der Waals surface area contributed by atoms with Gasteiger partial charge in [0.2, 0.25) is 0 Å². The van der Waals surface area contributed by atoms with Crippen molar-refractivity contribution in [3.05, 3.63) is 48.2 Å². The van der Waals surface area contributed by atoms with Crippen LogP contribution >= 0.6 is 0 Å². The maximum atomic E-state index is 13.5. The van der Waals surface area contributed by atoms with E-state index >= 15 is 0 Å². The van der Waals surface area contributed by atoms with Crippen molar-refractivity contribution >= 4 is 10.2 Å². The summed E-state index contributed by atoms with van der Waals surface area (Å²) in [6.07, 6.45) is 2.58. The van der Waals surface area contributed by atoms with Crippen LogP contribution in [0.3, 0.4) is 0 Å². The van der Waals surface area contributed by atoms with Crippen LogP contribution in [-0.4, -0.2) is 59.8 Å². The molecule has 1 atom stereocenters. The van der Waals surface area contributed by atoms with Gasteiger partial charge in [0.25, 0.3) is 10.2 Å². The summed E-state index contributed by atoms with van der Waals surface area (Å²) in [5.74, 6) is -0.356. The minimum absolute atomic E-state index is 0.167. The van der Waals surface area contributed by atoms with Gasteiger partial charge in [-0.1, -0.05) is 26.0 Å². The number of rotatable bonds is 6. The van der Waals surface area contributed by atoms with E-state index in [4.69, 9.17) is 4.74 Å². The second-order valence-electron chi connectivity index (χ2n) is 6.15. The van der Waals surface area contributed by atoms with Gasteiger partial charge in [0, 0.05) is 31.7 Å². The lowest BCUT2D eigenvalue weighted by atomic mass is 10.1. The molecule has 3 rings (SSSR count). The van der Waals surface area contributed by atoms with Crippen molar-refractivity contribution in [2.24, 2.45) is 0 Å². The lowest BCUT2D eigenvalue weighted by Crippen LogP contribution is -2.49. The molecule has 9 heteroatoms. The zero-order valence-corrected chi connectivity index (χ0v) is 16.2. The predicted octanol–water partition coefficient (Wildman–Crippen LogP) is 2.24. The Balaban J connectivity index is 1.84. The van der Waals surface area contributed by atoms with Gasteiger partial charge in [-0.3, -0.25) is 4.98 Å². The molecule has 0 spiro atoms. The van der Waals surface area contributed by atoms with Crippen molar-refractivity contribution in [3.63, 3.8) is 0 Å². The van der Waals surface area contributed by atoms with E-state index in [9.17, 15) is 12.8 Å². The van der Waals surface area contributed by atoms with Crippen molar-refractivity contribution in [2.45, 2.75) is 20.0 Å². The van der Waals surface area contributed by atoms with Crippen LogP contribution in [0.4, 0.5) is 4.39 Å². The van der Waals surface area contributed by atoms with Crippen LogP contribution in [0.25, 0.3) is 11.3 Å². The minimum atomic E-state index is -3.54. The summed E-state index contributed by atoms with van der Waals surface area (Å²) in [7, 11) is -3.54. The maximum Gasteiger partial charge on any atom is 0.282 e. The zero-order chi connectivity index (χ0) is 19.4. The predicted molar refractivity (Wildman–Crippen MR) is 99.5 cm³/mol. The Kier molecular flexibility index (Phi) is 6.15. The molecule has 1 aromatic carbocycles. The summed E-state index contributed by atoms with van der Waals surface area (Å²) >= 11 is 0. The van der Waals surface area contributed by atoms with Crippen molar-refractivity contribution < 1.29 is 17.5 Å². The van der Waals surface area contributed by atoms with E-state index in [-0.39, 0.29) is 19.0 Å². The van der Waals surface area contributed by atoms with Gasteiger partial charge in [0.1, 0.15) is 11.9 Å². The van der Waals surface area contributed by atoms with Crippen LogP contribution in [0.2, 0.25) is 0 Å². The molecule has 7 nitrogen and oxygen atoms in total. The molecule has 27 heavy (non-hydrogen) atoms. The third-order valence-electron chi connectivity index (χ3n) is 4.49. The summed E-state index contributed by atoms with van der Waals surface area (Å²) < 4.78 is 47.6. The number of hydrogen-bond donors (Lipinski definition) is 0. The second-order valence-corrected chi connectivity index (χ2v) is 8.08. The molecule has 0 unspecified atom stereocenters. The Labute approximate surface area is 159 Å². The highest BCUT2D eigenvalue weighted by molar-refractivity contribution is 7.86. The lowest BCUT2D eigenvalue weighted by Gasteiger charge is -2.34. The molecule has 1 aliphatic heterocycles. The van der Waals surface area contributed by atoms with E-state index in [1.54, 1.807) is 24.5 Å². The highest BCUT2D eigenvalue weighted by Gasteiger charge is 2.34. The van der Waals surface area contributed by atoms with Crippen molar-refractivity contribution in [1.82, 2.24) is 18.6 Å². The lowest BCUT2D eigenvalue weighted by molar-refractivity contribution is -0.00672. The molecular formula is C18H23FN4O3S. The highest BCUT2D eigenvalue weighted by Crippen LogP contribution is 2.25. The van der Waals surface area contributed by atoms with Crippen LogP contribution in [-0.2, 0) is 14.9 Å². The fourth-order valence-electron chi connectivity index (χ4n) is 3.05. The van der Waals surface area contributed by atoms with Crippen LogP contribution < -0.4 is 0 Å². The monoisotopic (exact) mass is 394 g/mol. The van der Waals surface area contributed by atoms with E-state index in [0.29, 0.717) is 36.6 Å². The Morgan fingerprint density at radius 3 is 2.78 bits per heavy atom. The van der Waals surface area contributed by atoms with E-state index in [2.05, 4.69) is 9.97 Å². The first-order valence-electron chi connectivity index (χ1n) is 8.90. The van der Waals surface area contributed by atoms with Gasteiger partial charge in [0.05, 0.1) is 30.4 Å². The summed E-state index contributed by atoms with van der Waals surface area (Å²) in [5.41, 5.74) is 1.64. The Hall–Kier alpha value is -1.94. The van der Waals surface area contributed by atoms with Gasteiger partial charge in [-0.15, -0.1) is 0 Å². The van der Waals surface area contributed by atoms with Gasteiger partial charge in [-0.2, -0.15) is 17.0 Å². The summed E-state index contributed by atoms with van der Waals surface area (Å²) in [6, 6.07) is 6.10. The molecule has 146 valence electrons. The van der Waals surface area contributed by atoms with Crippen molar-refractivity contribution in [2.75, 3.05) is 32.8 Å². The third kappa shape index (κ3) is 4.32. The number of halogens is 1. The molecule has 1 aromatic heterocycles. The molecule has 0 bridgehead atoms. The molecule has 0 amide bonds. The van der Waals surface area contributed by atoms with E-state index in [0.717, 1.165) is 0 Å². The average Bonchev–Trinajstić information content (AvgIpc) is 2.69. The smallest absolute Gasteiger partial charge is 0.282 e. The fourth-order valence-corrected chi connectivity index (χ4v) is 4.66. The average molecular weight is 394 g/mol. The van der Waals surface area contributed by atoms with Gasteiger partial charge >= 0.3 is 0 Å². The first-order valence-corrected chi connectivity index (χ1v) is 10.3. The normalized spacial score (nSPS) is 18.7. The molecule has 1 fully saturated rings. The Morgan fingerprint density at radius 2 is 2.07 bits per heavy atom. The molecule has 1 saturated heterocycles. The number of morpholine rings is 1. The maximum absolute atomic E-state index is 13.5. The van der Waals surface area contributed by atoms with Crippen LogP contribution in [0.1, 0.15) is 25.6 Å². The molecule has 0 saturated carbocycles. The van der Waals surface area contributed by atoms with Crippen molar-refractivity contribution in [3.8, 4) is 11.3 Å². The number of benzene rings is 1. The quantitative estimate of drug-likeness (QED) is 0.751. The Morgan fingerprint density at radius 1 is 1.30 bits per heavy atom. The summed E-state index contributed by atoms with van der Waals surface area (Å²) in [5, 5.41) is 0. The van der Waals surface area contributed by atoms with Crippen LogP contribution in [0.5, 0.6) is 0 Å². The second kappa shape index (κ2) is 8.39. The first-order chi connectivity index (χ1) is 13.0. The molecule has 0 aliphatic carbocycles. The summed E-state index contributed by atoms with van der Waals surface area (Å²) in [4.78, 5) is 8.70. The fraction of sp³-hybridized carbons (Fsp3) is 0.444. The van der Waals surface area contributed by atoms with E-state index < -0.39 is 16.3 Å². The van der Waals surface area contributed by atoms with Gasteiger partial charge < -0.3 is 4.74 Å². The zero-order valence-electron chi connectivity index (χ0n) is 15.4. The Bertz CT molecular complexity index is 890. The minimum Gasteiger partial charge on any atom is -0.369 e. The van der Waals surface area contributed by atoms with E-state index in [1.807, 2.05) is 13.8 Å². The first kappa shape index (κ1) is 19.8. The van der Waals surface area contributed by atoms with Gasteiger partial charge in [-0.25, -0.2) is 9.37 Å². The largest absolute Gasteiger partial charge is 0.369 e. The SMILES string of the molecule is CCN(CC)S(=O)(=O)N1CCO[C@@H](c2cncc(-c3cccc(F)c3)n2)C1. The van der Waals surface area contributed by atoms with Gasteiger partial charge in [-0.05, 0) is 12.1 Å². The van der Waals surface area contributed by atoms with Crippen LogP contribution in [0.15, 0.2) is 36.7 Å². The third-order valence-corrected chi connectivity index (χ3v) is 6.64. The molecule has 0 N–H and O–H groups in total. The number of aromatic nitrogens is 2. The van der Waals surface area contributed by atoms with Crippen LogP contribution in [0, 0.1) is 5.82 Å². The molecule has 0 radical (unpaired) electrons. The van der Waals surface area contributed by atoms with E-state index in [1.165, 1.54) is 20.7 Å². The van der Waals surface area contributed by atoms with Gasteiger partial charge in [0.15, 0.2) is 0 Å². The number of nitrogens with zero attached hydrogens (tertiary/aromatic N) is 4. The number of ether oxygens (including phenoxy) is 1. The van der Waals surface area contributed by atoms with Crippen molar-refractivity contribution in [1.29, 1.82) is 0 Å². The molecule has 2 heterocycles. The summed E-state index contributed by atoms with van der Waals surface area (Å²) in [6.45, 7) is 5.19.